The summed E-state index contributed by atoms with van der Waals surface area (Å²) in [6, 6.07) is 17.0. The fraction of sp³-hybridized carbons (Fsp3) is 0.0952. The van der Waals surface area contributed by atoms with E-state index in [4.69, 9.17) is 4.42 Å². The van der Waals surface area contributed by atoms with E-state index in [9.17, 15) is 14.9 Å². The number of carbonyl (C=O) groups is 1. The first kappa shape index (κ1) is 19.6. The molecule has 8 nitrogen and oxygen atoms in total. The molecule has 2 aromatic heterocycles. The molecule has 2 aromatic carbocycles. The van der Waals surface area contributed by atoms with Gasteiger partial charge in [-0.15, -0.1) is 10.2 Å². The smallest absolute Gasteiger partial charge is 0.269 e. The Morgan fingerprint density at radius 1 is 1.10 bits per heavy atom. The van der Waals surface area contributed by atoms with Gasteiger partial charge < -0.3 is 4.42 Å². The van der Waals surface area contributed by atoms with E-state index < -0.39 is 4.92 Å². The SMILES string of the molecule is Cc1ccc(-n2c(SCC(=O)c3ccc([N+](=O)[O-])cc3)nnc2-c2ccco2)cc1. The Morgan fingerprint density at radius 2 is 1.83 bits per heavy atom. The Kier molecular flexibility index (Phi) is 5.44. The van der Waals surface area contributed by atoms with Crippen LogP contribution in [0.5, 0.6) is 0 Å². The van der Waals surface area contributed by atoms with E-state index in [0.717, 1.165) is 11.3 Å². The van der Waals surface area contributed by atoms with Crippen molar-refractivity contribution >= 4 is 23.2 Å². The molecule has 0 amide bonds. The highest BCUT2D eigenvalue weighted by Crippen LogP contribution is 2.29. The Balaban J connectivity index is 1.60. The maximum absolute atomic E-state index is 12.6. The number of aromatic nitrogens is 3. The number of hydrogen-bond acceptors (Lipinski definition) is 7. The summed E-state index contributed by atoms with van der Waals surface area (Å²) in [6.07, 6.45) is 1.56. The van der Waals surface area contributed by atoms with E-state index in [0.29, 0.717) is 22.3 Å². The molecule has 0 saturated carbocycles. The molecule has 0 aliphatic rings. The highest BCUT2D eigenvalue weighted by Gasteiger charge is 2.19. The van der Waals surface area contributed by atoms with Crippen molar-refractivity contribution in [3.8, 4) is 17.3 Å². The molecule has 0 bridgehead atoms. The summed E-state index contributed by atoms with van der Waals surface area (Å²) in [6.45, 7) is 2.00. The van der Waals surface area contributed by atoms with Gasteiger partial charge in [-0.25, -0.2) is 0 Å². The van der Waals surface area contributed by atoms with Gasteiger partial charge in [-0.2, -0.15) is 0 Å². The number of nitrogens with zero attached hydrogens (tertiary/aromatic N) is 4. The third kappa shape index (κ3) is 4.01. The summed E-state index contributed by atoms with van der Waals surface area (Å²) in [5, 5.41) is 19.8. The van der Waals surface area contributed by atoms with Crippen LogP contribution in [-0.4, -0.2) is 31.2 Å². The number of ketones is 1. The van der Waals surface area contributed by atoms with E-state index in [1.54, 1.807) is 18.4 Å². The molecule has 4 aromatic rings. The fourth-order valence-corrected chi connectivity index (χ4v) is 3.68. The number of aryl methyl sites for hydroxylation is 1. The highest BCUT2D eigenvalue weighted by atomic mass is 32.2. The number of carbonyl (C=O) groups excluding carboxylic acids is 1. The number of non-ortho nitro benzene ring substituents is 1. The molecule has 0 fully saturated rings. The molecule has 0 radical (unpaired) electrons. The first-order valence-electron chi connectivity index (χ1n) is 9.00. The van der Waals surface area contributed by atoms with Gasteiger partial charge in [-0.05, 0) is 43.3 Å². The number of benzene rings is 2. The lowest BCUT2D eigenvalue weighted by molar-refractivity contribution is -0.384. The van der Waals surface area contributed by atoms with Crippen LogP contribution >= 0.6 is 11.8 Å². The maximum Gasteiger partial charge on any atom is 0.269 e. The summed E-state index contributed by atoms with van der Waals surface area (Å²) in [5.74, 6) is 1.05. The lowest BCUT2D eigenvalue weighted by Crippen LogP contribution is -2.05. The first-order chi connectivity index (χ1) is 14.5. The molecule has 0 aliphatic heterocycles. The predicted molar refractivity (Wildman–Crippen MR) is 112 cm³/mol. The Hall–Kier alpha value is -3.72. The molecule has 4 rings (SSSR count). The average molecular weight is 420 g/mol. The number of rotatable bonds is 7. The van der Waals surface area contributed by atoms with Gasteiger partial charge in [-0.1, -0.05) is 29.5 Å². The number of thioether (sulfide) groups is 1. The Labute approximate surface area is 175 Å². The Bertz CT molecular complexity index is 1180. The van der Waals surface area contributed by atoms with Crippen molar-refractivity contribution in [2.45, 2.75) is 12.1 Å². The molecular formula is C21H16N4O4S. The van der Waals surface area contributed by atoms with Crippen molar-refractivity contribution in [3.05, 3.63) is 88.2 Å². The Morgan fingerprint density at radius 3 is 2.47 bits per heavy atom. The number of nitro benzene ring substituents is 1. The molecule has 0 N–H and O–H groups in total. The van der Waals surface area contributed by atoms with Crippen LogP contribution in [0.1, 0.15) is 15.9 Å². The molecular weight excluding hydrogens is 404 g/mol. The van der Waals surface area contributed by atoms with E-state index >= 15 is 0 Å². The molecule has 9 heteroatoms. The van der Waals surface area contributed by atoms with E-state index in [-0.39, 0.29) is 17.2 Å². The van der Waals surface area contributed by atoms with Gasteiger partial charge in [0.25, 0.3) is 5.69 Å². The zero-order valence-electron chi connectivity index (χ0n) is 15.9. The summed E-state index contributed by atoms with van der Waals surface area (Å²) < 4.78 is 7.33. The summed E-state index contributed by atoms with van der Waals surface area (Å²) >= 11 is 1.24. The van der Waals surface area contributed by atoms with Gasteiger partial charge in [0, 0.05) is 23.4 Å². The van der Waals surface area contributed by atoms with Crippen LogP contribution in [0.15, 0.2) is 76.5 Å². The fourth-order valence-electron chi connectivity index (χ4n) is 2.84. The number of nitro groups is 1. The predicted octanol–water partition coefficient (Wildman–Crippen LogP) is 4.72. The molecule has 0 spiro atoms. The van der Waals surface area contributed by atoms with E-state index in [2.05, 4.69) is 10.2 Å². The lowest BCUT2D eigenvalue weighted by Gasteiger charge is -2.09. The second-order valence-electron chi connectivity index (χ2n) is 6.47. The minimum Gasteiger partial charge on any atom is -0.461 e. The molecule has 150 valence electrons. The standard InChI is InChI=1S/C21H16N4O4S/c1-14-4-8-16(9-5-14)24-20(19-3-2-12-29-19)22-23-21(24)30-13-18(26)15-6-10-17(11-7-15)25(27)28/h2-12H,13H2,1H3. The summed E-state index contributed by atoms with van der Waals surface area (Å²) in [5.41, 5.74) is 2.32. The monoisotopic (exact) mass is 420 g/mol. The van der Waals surface area contributed by atoms with Gasteiger partial charge in [0.15, 0.2) is 16.7 Å². The molecule has 30 heavy (non-hydrogen) atoms. The van der Waals surface area contributed by atoms with Crippen LogP contribution in [0.25, 0.3) is 17.3 Å². The van der Waals surface area contributed by atoms with Crippen LogP contribution in [-0.2, 0) is 0 Å². The van der Waals surface area contributed by atoms with Crippen LogP contribution in [0.3, 0.4) is 0 Å². The van der Waals surface area contributed by atoms with Crippen molar-refractivity contribution < 1.29 is 14.1 Å². The zero-order valence-corrected chi connectivity index (χ0v) is 16.7. The van der Waals surface area contributed by atoms with Crippen LogP contribution in [0.2, 0.25) is 0 Å². The van der Waals surface area contributed by atoms with Crippen molar-refractivity contribution in [1.29, 1.82) is 0 Å². The van der Waals surface area contributed by atoms with Crippen molar-refractivity contribution in [2.75, 3.05) is 5.75 Å². The third-order valence-electron chi connectivity index (χ3n) is 4.40. The topological polar surface area (TPSA) is 104 Å². The highest BCUT2D eigenvalue weighted by molar-refractivity contribution is 7.99. The van der Waals surface area contributed by atoms with Crippen LogP contribution < -0.4 is 0 Å². The average Bonchev–Trinajstić information content (AvgIpc) is 3.42. The molecule has 2 heterocycles. The first-order valence-corrected chi connectivity index (χ1v) is 9.98. The van der Waals surface area contributed by atoms with Gasteiger partial charge in [0.05, 0.1) is 16.9 Å². The van der Waals surface area contributed by atoms with Crippen molar-refractivity contribution in [3.63, 3.8) is 0 Å². The number of furan rings is 1. The van der Waals surface area contributed by atoms with Gasteiger partial charge in [0.2, 0.25) is 5.82 Å². The third-order valence-corrected chi connectivity index (χ3v) is 5.33. The molecule has 0 saturated heterocycles. The normalized spacial score (nSPS) is 10.8. The summed E-state index contributed by atoms with van der Waals surface area (Å²) in [4.78, 5) is 22.8. The van der Waals surface area contributed by atoms with Crippen LogP contribution in [0.4, 0.5) is 5.69 Å². The summed E-state index contributed by atoms with van der Waals surface area (Å²) in [7, 11) is 0. The maximum atomic E-state index is 12.6. The second-order valence-corrected chi connectivity index (χ2v) is 7.41. The molecule has 0 aliphatic carbocycles. The molecule has 0 atom stereocenters. The van der Waals surface area contributed by atoms with E-state index in [1.807, 2.05) is 35.8 Å². The van der Waals surface area contributed by atoms with Crippen molar-refractivity contribution in [2.24, 2.45) is 0 Å². The number of Topliss-reactive ketones (excluding diaryl/α,β-unsaturated/α-hetero) is 1. The minimum absolute atomic E-state index is 0.0543. The van der Waals surface area contributed by atoms with Gasteiger partial charge in [-0.3, -0.25) is 19.5 Å². The zero-order chi connectivity index (χ0) is 21.1. The van der Waals surface area contributed by atoms with Gasteiger partial charge >= 0.3 is 0 Å². The largest absolute Gasteiger partial charge is 0.461 e. The second kappa shape index (κ2) is 8.34. The quantitative estimate of drug-likeness (QED) is 0.184. The minimum atomic E-state index is -0.497. The number of hydrogen-bond donors (Lipinski definition) is 0. The van der Waals surface area contributed by atoms with Crippen molar-refractivity contribution in [1.82, 2.24) is 14.8 Å². The van der Waals surface area contributed by atoms with Gasteiger partial charge in [0.1, 0.15) is 0 Å². The molecule has 0 unspecified atom stereocenters. The van der Waals surface area contributed by atoms with Crippen LogP contribution in [0, 0.1) is 17.0 Å². The lowest BCUT2D eigenvalue weighted by atomic mass is 10.1. The van der Waals surface area contributed by atoms with E-state index in [1.165, 1.54) is 36.0 Å².